The quantitative estimate of drug-likeness (QED) is 0.816. The van der Waals surface area contributed by atoms with Crippen molar-refractivity contribution in [3.8, 4) is 6.07 Å². The molecule has 94 valence electrons. The van der Waals surface area contributed by atoms with Gasteiger partial charge in [-0.25, -0.2) is 0 Å². The molecule has 3 rings (SSSR count). The molecular weight excluding hydrogens is 242 g/mol. The molecule has 1 aromatic rings. The Balaban J connectivity index is 1.70. The van der Waals surface area contributed by atoms with E-state index < -0.39 is 0 Å². The van der Waals surface area contributed by atoms with Gasteiger partial charge in [-0.15, -0.1) is 11.8 Å². The van der Waals surface area contributed by atoms with Crippen molar-refractivity contribution in [2.45, 2.75) is 35.8 Å². The highest BCUT2D eigenvalue weighted by molar-refractivity contribution is 8.00. The maximum atomic E-state index is 9.50. The predicted molar refractivity (Wildman–Crippen MR) is 72.5 cm³/mol. The summed E-state index contributed by atoms with van der Waals surface area (Å²) in [6, 6.07) is 11.2. The van der Waals surface area contributed by atoms with Crippen LogP contribution in [-0.4, -0.2) is 18.5 Å². The fourth-order valence-electron chi connectivity index (χ4n) is 2.93. The second kappa shape index (κ2) is 4.95. The number of hydrogen-bond donors (Lipinski definition) is 0. The van der Waals surface area contributed by atoms with Gasteiger partial charge in [-0.3, -0.25) is 0 Å². The molecule has 0 bridgehead atoms. The van der Waals surface area contributed by atoms with Crippen molar-refractivity contribution in [1.29, 1.82) is 5.26 Å². The summed E-state index contributed by atoms with van der Waals surface area (Å²) < 4.78 is 5.39. The third-order valence-electron chi connectivity index (χ3n) is 4.02. The number of hydrogen-bond acceptors (Lipinski definition) is 3. The fourth-order valence-corrected chi connectivity index (χ4v) is 4.41. The normalized spacial score (nSPS) is 25.4. The van der Waals surface area contributed by atoms with Crippen molar-refractivity contribution in [3.63, 3.8) is 0 Å². The average Bonchev–Trinajstić information content (AvgIpc) is 2.81. The van der Waals surface area contributed by atoms with Crippen molar-refractivity contribution in [3.05, 3.63) is 29.8 Å². The van der Waals surface area contributed by atoms with Gasteiger partial charge in [-0.2, -0.15) is 5.26 Å². The van der Waals surface area contributed by atoms with Gasteiger partial charge in [0.1, 0.15) is 0 Å². The van der Waals surface area contributed by atoms with Gasteiger partial charge >= 0.3 is 0 Å². The Morgan fingerprint density at radius 2 is 2.11 bits per heavy atom. The van der Waals surface area contributed by atoms with Crippen LogP contribution in [0.5, 0.6) is 0 Å². The number of ether oxygens (including phenoxy) is 1. The lowest BCUT2D eigenvalue weighted by Gasteiger charge is -2.32. The topological polar surface area (TPSA) is 33.0 Å². The van der Waals surface area contributed by atoms with Crippen molar-refractivity contribution in [2.24, 2.45) is 5.41 Å². The van der Waals surface area contributed by atoms with Crippen LogP contribution in [0.2, 0.25) is 0 Å². The van der Waals surface area contributed by atoms with Gasteiger partial charge in [0.2, 0.25) is 0 Å². The molecule has 0 aromatic heterocycles. The van der Waals surface area contributed by atoms with E-state index in [4.69, 9.17) is 4.74 Å². The molecule has 2 heterocycles. The molecule has 1 fully saturated rings. The highest BCUT2D eigenvalue weighted by Gasteiger charge is 2.37. The number of nitrogens with zero attached hydrogens (tertiary/aromatic N) is 1. The molecule has 0 saturated carbocycles. The van der Waals surface area contributed by atoms with Crippen LogP contribution in [0, 0.1) is 16.7 Å². The molecule has 1 saturated heterocycles. The molecule has 1 aromatic carbocycles. The predicted octanol–water partition coefficient (Wildman–Crippen LogP) is 3.41. The van der Waals surface area contributed by atoms with Gasteiger partial charge in [0, 0.05) is 23.4 Å². The summed E-state index contributed by atoms with van der Waals surface area (Å²) in [4.78, 5) is 1.41. The maximum Gasteiger partial charge on any atom is 0.0691 e. The van der Waals surface area contributed by atoms with E-state index in [0.717, 1.165) is 38.9 Å². The fraction of sp³-hybridized carbons (Fsp3) is 0.533. The molecule has 0 radical (unpaired) electrons. The second-order valence-electron chi connectivity index (χ2n) is 5.26. The minimum absolute atomic E-state index is 0.141. The van der Waals surface area contributed by atoms with Crippen molar-refractivity contribution >= 4 is 11.8 Å². The molecule has 2 nitrogen and oxygen atoms in total. The highest BCUT2D eigenvalue weighted by atomic mass is 32.2. The lowest BCUT2D eigenvalue weighted by molar-refractivity contribution is 0.0369. The first-order valence-electron chi connectivity index (χ1n) is 6.55. The van der Waals surface area contributed by atoms with Crippen LogP contribution in [-0.2, 0) is 11.2 Å². The molecule has 1 unspecified atom stereocenters. The van der Waals surface area contributed by atoms with Crippen LogP contribution in [0.1, 0.15) is 24.8 Å². The summed E-state index contributed by atoms with van der Waals surface area (Å²) in [5.74, 6) is 0. The van der Waals surface area contributed by atoms with E-state index in [1.165, 1.54) is 10.5 Å². The number of thioether (sulfide) groups is 1. The summed E-state index contributed by atoms with van der Waals surface area (Å²) in [6.07, 6.45) is 3.92. The minimum Gasteiger partial charge on any atom is -0.381 e. The number of nitriles is 1. The highest BCUT2D eigenvalue weighted by Crippen LogP contribution is 2.45. The average molecular weight is 259 g/mol. The molecule has 2 aliphatic heterocycles. The molecular formula is C15H17NOS. The largest absolute Gasteiger partial charge is 0.381 e. The van der Waals surface area contributed by atoms with Gasteiger partial charge in [-0.05, 0) is 37.3 Å². The molecule has 1 atom stereocenters. The summed E-state index contributed by atoms with van der Waals surface area (Å²) >= 11 is 1.95. The monoisotopic (exact) mass is 259 g/mol. The van der Waals surface area contributed by atoms with Gasteiger partial charge < -0.3 is 4.74 Å². The zero-order valence-electron chi connectivity index (χ0n) is 10.4. The molecule has 18 heavy (non-hydrogen) atoms. The van der Waals surface area contributed by atoms with Crippen molar-refractivity contribution in [1.82, 2.24) is 0 Å². The summed E-state index contributed by atoms with van der Waals surface area (Å²) in [5.41, 5.74) is 1.31. The first-order valence-corrected chi connectivity index (χ1v) is 7.43. The number of rotatable bonds is 2. The van der Waals surface area contributed by atoms with Crippen LogP contribution < -0.4 is 0 Å². The Labute approximate surface area is 112 Å². The lowest BCUT2D eigenvalue weighted by atomic mass is 9.77. The minimum atomic E-state index is -0.141. The number of benzene rings is 1. The first-order chi connectivity index (χ1) is 8.81. The zero-order valence-corrected chi connectivity index (χ0v) is 11.2. The van der Waals surface area contributed by atoms with Gasteiger partial charge in [0.25, 0.3) is 0 Å². The maximum absolute atomic E-state index is 9.50. The molecule has 0 amide bonds. The Kier molecular flexibility index (Phi) is 3.32. The molecule has 3 heteroatoms. The molecule has 0 N–H and O–H groups in total. The van der Waals surface area contributed by atoms with E-state index in [-0.39, 0.29) is 5.41 Å². The van der Waals surface area contributed by atoms with Crippen LogP contribution in [0.4, 0.5) is 0 Å². The van der Waals surface area contributed by atoms with E-state index in [0.29, 0.717) is 5.25 Å². The second-order valence-corrected chi connectivity index (χ2v) is 6.60. The van der Waals surface area contributed by atoms with Crippen LogP contribution >= 0.6 is 11.8 Å². The van der Waals surface area contributed by atoms with E-state index in [9.17, 15) is 5.26 Å². The van der Waals surface area contributed by atoms with Crippen LogP contribution in [0.25, 0.3) is 0 Å². The summed E-state index contributed by atoms with van der Waals surface area (Å²) in [7, 11) is 0. The lowest BCUT2D eigenvalue weighted by Crippen LogP contribution is -2.31. The van der Waals surface area contributed by atoms with Gasteiger partial charge in [-0.1, -0.05) is 18.2 Å². The third-order valence-corrected chi connectivity index (χ3v) is 5.34. The molecule has 0 aliphatic carbocycles. The van der Waals surface area contributed by atoms with Gasteiger partial charge in [0.05, 0.1) is 11.5 Å². The SMILES string of the molecule is N#CC1(CC2Cc3ccccc3S2)CCOCC1. The van der Waals surface area contributed by atoms with E-state index in [2.05, 4.69) is 30.3 Å². The molecule has 2 aliphatic rings. The zero-order chi connectivity index (χ0) is 12.4. The van der Waals surface area contributed by atoms with E-state index >= 15 is 0 Å². The Bertz CT molecular complexity index is 449. The van der Waals surface area contributed by atoms with Gasteiger partial charge in [0.15, 0.2) is 0 Å². The summed E-state index contributed by atoms with van der Waals surface area (Å²) in [6.45, 7) is 1.50. The van der Waals surface area contributed by atoms with E-state index in [1.807, 2.05) is 11.8 Å². The standard InChI is InChI=1S/C15H17NOS/c16-11-15(5-7-17-8-6-15)10-13-9-12-3-1-2-4-14(12)18-13/h1-4,13H,5-10H2. The summed E-state index contributed by atoms with van der Waals surface area (Å²) in [5, 5.41) is 10.1. The Hall–Kier alpha value is -0.980. The first kappa shape index (κ1) is 12.1. The molecule has 0 spiro atoms. The Morgan fingerprint density at radius 1 is 1.33 bits per heavy atom. The smallest absolute Gasteiger partial charge is 0.0691 e. The van der Waals surface area contributed by atoms with Crippen LogP contribution in [0.3, 0.4) is 0 Å². The third kappa shape index (κ3) is 2.28. The van der Waals surface area contributed by atoms with Crippen molar-refractivity contribution in [2.75, 3.05) is 13.2 Å². The number of fused-ring (bicyclic) bond motifs is 1. The van der Waals surface area contributed by atoms with E-state index in [1.54, 1.807) is 0 Å². The van der Waals surface area contributed by atoms with Crippen LogP contribution in [0.15, 0.2) is 29.2 Å². The van der Waals surface area contributed by atoms with Crippen molar-refractivity contribution < 1.29 is 4.74 Å². The Morgan fingerprint density at radius 3 is 2.83 bits per heavy atom.